The average Bonchev–Trinajstić information content (AvgIpc) is 2.68. The molecule has 0 amide bonds. The molecule has 3 heteroatoms. The van der Waals surface area contributed by atoms with Gasteiger partial charge in [-0.1, -0.05) is 6.07 Å². The number of aromatic nitrogens is 1. The lowest BCUT2D eigenvalue weighted by molar-refractivity contribution is 0.838. The van der Waals surface area contributed by atoms with Crippen LogP contribution in [0.4, 0.5) is 0 Å². The highest BCUT2D eigenvalue weighted by atomic mass is 32.1. The average molecular weight is 204 g/mol. The molecule has 1 unspecified atom stereocenters. The summed E-state index contributed by atoms with van der Waals surface area (Å²) < 4.78 is 0. The molecule has 0 aliphatic heterocycles. The van der Waals surface area contributed by atoms with Gasteiger partial charge in [0.2, 0.25) is 0 Å². The van der Waals surface area contributed by atoms with Crippen LogP contribution in [-0.4, -0.2) is 4.98 Å². The highest BCUT2D eigenvalue weighted by Gasteiger charge is 2.05. The Labute approximate surface area is 87.4 Å². The number of nitrogens with two attached hydrogens (primary N) is 1. The van der Waals surface area contributed by atoms with Crippen LogP contribution in [0.2, 0.25) is 0 Å². The zero-order chi connectivity index (χ0) is 9.97. The van der Waals surface area contributed by atoms with E-state index in [4.69, 9.17) is 5.73 Å². The predicted molar refractivity (Wildman–Crippen MR) is 60.2 cm³/mol. The topological polar surface area (TPSA) is 38.9 Å². The van der Waals surface area contributed by atoms with Crippen LogP contribution in [0.5, 0.6) is 0 Å². The lowest BCUT2D eigenvalue weighted by atomic mass is 10.3. The Kier molecular flexibility index (Phi) is 2.61. The highest BCUT2D eigenvalue weighted by molar-refractivity contribution is 7.15. The van der Waals surface area contributed by atoms with E-state index in [1.807, 2.05) is 25.1 Å². The summed E-state index contributed by atoms with van der Waals surface area (Å²) in [5.74, 6) is 0. The van der Waals surface area contributed by atoms with Crippen LogP contribution in [0.15, 0.2) is 36.5 Å². The first kappa shape index (κ1) is 9.37. The van der Waals surface area contributed by atoms with E-state index in [1.165, 1.54) is 9.75 Å². The minimum Gasteiger partial charge on any atom is -0.324 e. The van der Waals surface area contributed by atoms with Gasteiger partial charge in [-0.25, -0.2) is 0 Å². The van der Waals surface area contributed by atoms with Gasteiger partial charge in [0.25, 0.3) is 0 Å². The van der Waals surface area contributed by atoms with Gasteiger partial charge in [0.1, 0.15) is 0 Å². The molecule has 2 rings (SSSR count). The molecule has 0 spiro atoms. The smallest absolute Gasteiger partial charge is 0.0801 e. The van der Waals surface area contributed by atoms with E-state index in [9.17, 15) is 0 Å². The largest absolute Gasteiger partial charge is 0.324 e. The molecule has 0 aromatic carbocycles. The first-order chi connectivity index (χ1) is 6.77. The van der Waals surface area contributed by atoms with E-state index in [0.717, 1.165) is 5.69 Å². The number of rotatable bonds is 2. The SMILES string of the molecule is CC(N)c1ccc(-c2ccccn2)s1. The van der Waals surface area contributed by atoms with Crippen LogP contribution < -0.4 is 5.73 Å². The second-order valence-corrected chi connectivity index (χ2v) is 4.32. The first-order valence-corrected chi connectivity index (χ1v) is 5.36. The lowest BCUT2D eigenvalue weighted by Crippen LogP contribution is -2.01. The molecule has 72 valence electrons. The Morgan fingerprint density at radius 1 is 1.29 bits per heavy atom. The number of hydrogen-bond donors (Lipinski definition) is 1. The van der Waals surface area contributed by atoms with Crippen LogP contribution in [0.1, 0.15) is 17.8 Å². The Bertz CT molecular complexity index is 406. The molecule has 14 heavy (non-hydrogen) atoms. The molecule has 2 aromatic heterocycles. The maximum absolute atomic E-state index is 5.80. The van der Waals surface area contributed by atoms with Crippen LogP contribution >= 0.6 is 11.3 Å². The van der Waals surface area contributed by atoms with E-state index in [0.29, 0.717) is 0 Å². The summed E-state index contributed by atoms with van der Waals surface area (Å²) in [4.78, 5) is 6.67. The zero-order valence-electron chi connectivity index (χ0n) is 7.97. The minimum atomic E-state index is 0.109. The molecule has 2 aromatic rings. The van der Waals surface area contributed by atoms with Crippen molar-refractivity contribution in [2.45, 2.75) is 13.0 Å². The van der Waals surface area contributed by atoms with E-state index in [1.54, 1.807) is 17.5 Å². The molecule has 2 heterocycles. The van der Waals surface area contributed by atoms with E-state index < -0.39 is 0 Å². The maximum Gasteiger partial charge on any atom is 0.0801 e. The van der Waals surface area contributed by atoms with Gasteiger partial charge in [-0.2, -0.15) is 0 Å². The molecule has 2 N–H and O–H groups in total. The van der Waals surface area contributed by atoms with Crippen molar-refractivity contribution in [1.29, 1.82) is 0 Å². The molecule has 2 nitrogen and oxygen atoms in total. The molecule has 0 saturated heterocycles. The Morgan fingerprint density at radius 3 is 2.71 bits per heavy atom. The normalized spacial score (nSPS) is 12.7. The number of pyridine rings is 1. The summed E-state index contributed by atoms with van der Waals surface area (Å²) in [5.41, 5.74) is 6.81. The summed E-state index contributed by atoms with van der Waals surface area (Å²) in [5, 5.41) is 0. The summed E-state index contributed by atoms with van der Waals surface area (Å²) in [6.45, 7) is 1.99. The second kappa shape index (κ2) is 3.90. The van der Waals surface area contributed by atoms with Crippen LogP contribution in [0.25, 0.3) is 10.6 Å². The van der Waals surface area contributed by atoms with Gasteiger partial charge in [0, 0.05) is 17.1 Å². The Morgan fingerprint density at radius 2 is 2.14 bits per heavy atom. The third-order valence-electron chi connectivity index (χ3n) is 1.99. The van der Waals surface area contributed by atoms with Gasteiger partial charge in [-0.3, -0.25) is 4.98 Å². The molecule has 0 bridgehead atoms. The van der Waals surface area contributed by atoms with Crippen LogP contribution in [0.3, 0.4) is 0 Å². The maximum atomic E-state index is 5.80. The monoisotopic (exact) mass is 204 g/mol. The van der Waals surface area contributed by atoms with E-state index in [-0.39, 0.29) is 6.04 Å². The molecule has 0 aliphatic carbocycles. The third kappa shape index (κ3) is 1.84. The molecular weight excluding hydrogens is 192 g/mol. The van der Waals surface area contributed by atoms with Gasteiger partial charge in [0.05, 0.1) is 10.6 Å². The highest BCUT2D eigenvalue weighted by Crippen LogP contribution is 2.28. The molecule has 0 fully saturated rings. The molecule has 0 saturated carbocycles. The fourth-order valence-corrected chi connectivity index (χ4v) is 2.18. The Hall–Kier alpha value is -1.19. The van der Waals surface area contributed by atoms with E-state index in [2.05, 4.69) is 17.1 Å². The van der Waals surface area contributed by atoms with Crippen molar-refractivity contribution in [2.24, 2.45) is 5.73 Å². The first-order valence-electron chi connectivity index (χ1n) is 4.54. The number of thiophene rings is 1. The molecule has 1 atom stereocenters. The van der Waals surface area contributed by atoms with Crippen molar-refractivity contribution in [3.05, 3.63) is 41.4 Å². The van der Waals surface area contributed by atoms with Gasteiger partial charge in [0.15, 0.2) is 0 Å². The van der Waals surface area contributed by atoms with Crippen molar-refractivity contribution in [3.8, 4) is 10.6 Å². The van der Waals surface area contributed by atoms with Gasteiger partial charge in [-0.15, -0.1) is 11.3 Å². The number of nitrogens with zero attached hydrogens (tertiary/aromatic N) is 1. The van der Waals surface area contributed by atoms with Gasteiger partial charge < -0.3 is 5.73 Å². The zero-order valence-corrected chi connectivity index (χ0v) is 8.79. The quantitative estimate of drug-likeness (QED) is 0.817. The number of hydrogen-bond acceptors (Lipinski definition) is 3. The lowest BCUT2D eigenvalue weighted by Gasteiger charge is -1.98. The van der Waals surface area contributed by atoms with Crippen molar-refractivity contribution in [3.63, 3.8) is 0 Å². The van der Waals surface area contributed by atoms with Crippen molar-refractivity contribution in [1.82, 2.24) is 4.98 Å². The second-order valence-electron chi connectivity index (χ2n) is 3.21. The summed E-state index contributed by atoms with van der Waals surface area (Å²) in [7, 11) is 0. The van der Waals surface area contributed by atoms with Crippen molar-refractivity contribution in [2.75, 3.05) is 0 Å². The predicted octanol–water partition coefficient (Wildman–Crippen LogP) is 2.83. The minimum absolute atomic E-state index is 0.109. The van der Waals surface area contributed by atoms with Crippen LogP contribution in [0, 0.1) is 0 Å². The van der Waals surface area contributed by atoms with E-state index >= 15 is 0 Å². The van der Waals surface area contributed by atoms with Crippen LogP contribution in [-0.2, 0) is 0 Å². The van der Waals surface area contributed by atoms with Gasteiger partial charge >= 0.3 is 0 Å². The molecule has 0 aliphatic rings. The van der Waals surface area contributed by atoms with Crippen molar-refractivity contribution < 1.29 is 0 Å². The molecular formula is C11H12N2S. The molecule has 0 radical (unpaired) electrons. The summed E-state index contributed by atoms with van der Waals surface area (Å²) in [6.07, 6.45) is 1.81. The van der Waals surface area contributed by atoms with Gasteiger partial charge in [-0.05, 0) is 31.2 Å². The summed E-state index contributed by atoms with van der Waals surface area (Å²) >= 11 is 1.71. The summed E-state index contributed by atoms with van der Waals surface area (Å²) in [6, 6.07) is 10.2. The standard InChI is InChI=1S/C11H12N2S/c1-8(12)10-5-6-11(14-10)9-4-2-3-7-13-9/h2-8H,12H2,1H3. The van der Waals surface area contributed by atoms with Crippen molar-refractivity contribution >= 4 is 11.3 Å². The fourth-order valence-electron chi connectivity index (χ4n) is 1.24. The Balaban J connectivity index is 2.34. The fraction of sp³-hybridized carbons (Fsp3) is 0.182. The third-order valence-corrected chi connectivity index (χ3v) is 3.30.